The fourth-order valence-corrected chi connectivity index (χ4v) is 5.31. The lowest BCUT2D eigenvalue weighted by Crippen LogP contribution is -2.55. The van der Waals surface area contributed by atoms with Gasteiger partial charge in [-0.1, -0.05) is 30.3 Å². The third-order valence-electron chi connectivity index (χ3n) is 7.91. The fraction of sp³-hybridized carbons (Fsp3) is 0.500. The number of hydrogen-bond acceptors (Lipinski definition) is 10. The molecule has 15 N–H and O–H groups in total. The Bertz CT molecular complexity index is 1360. The summed E-state index contributed by atoms with van der Waals surface area (Å²) in [5.74, 6) is -2.01. The number of hydrogen-bond donors (Lipinski definition) is 10. The van der Waals surface area contributed by atoms with Crippen molar-refractivity contribution in [3.8, 4) is 16.9 Å². The number of phenolic OH excluding ortho intramolecular Hbond substituents is 1. The van der Waals surface area contributed by atoms with Crippen molar-refractivity contribution in [3.05, 3.63) is 53.6 Å². The van der Waals surface area contributed by atoms with Crippen molar-refractivity contribution >= 4 is 73.3 Å². The molecule has 1 unspecified atom stereocenters. The number of phenols is 1. The van der Waals surface area contributed by atoms with E-state index in [-0.39, 0.29) is 100 Å². The average Bonchev–Trinajstić information content (AvgIpc) is 3.03. The van der Waals surface area contributed by atoms with Gasteiger partial charge in [-0.05, 0) is 79.6 Å². The number of carbonyl (C=O) groups excluding carboxylic acids is 4. The standard InChI is InChI=1S/C32H49N9O5.4ClH/c33-10-2-6-23(36)18-38-31(45)27(17-35)40-29(43)16-24-13-19-4-1-5-20(12-19)21-8-9-28(42)22(14-21)15-25(37)30(44)41-26(7-3-11-34)32(46)39-24;;;;/h1,4-5,8-9,12,14,23-27,42H,2-3,6-7,10-11,13,15-18,33-37H2,(H,38,45)(H,39,46)(H,40,43)(H,41,44);4*1H/t23?,24-,25-,26-,27-;;;;/m0..../s1. The first-order valence-electron chi connectivity index (χ1n) is 15.7. The maximum atomic E-state index is 13.6. The highest BCUT2D eigenvalue weighted by Crippen LogP contribution is 2.28. The predicted molar refractivity (Wildman–Crippen MR) is 205 cm³/mol. The molecule has 50 heavy (non-hydrogen) atoms. The van der Waals surface area contributed by atoms with Crippen LogP contribution < -0.4 is 49.9 Å². The van der Waals surface area contributed by atoms with Crippen LogP contribution in [-0.2, 0) is 32.0 Å². The Hall–Kier alpha value is -2.92. The second-order valence-electron chi connectivity index (χ2n) is 11.8. The van der Waals surface area contributed by atoms with Crippen LogP contribution in [0.25, 0.3) is 11.1 Å². The first-order valence-corrected chi connectivity index (χ1v) is 15.7. The highest BCUT2D eigenvalue weighted by Gasteiger charge is 2.28. The van der Waals surface area contributed by atoms with Gasteiger partial charge in [0.1, 0.15) is 17.8 Å². The van der Waals surface area contributed by atoms with E-state index in [1.54, 1.807) is 18.2 Å². The molecule has 0 aromatic heterocycles. The summed E-state index contributed by atoms with van der Waals surface area (Å²) >= 11 is 0. The largest absolute Gasteiger partial charge is 0.508 e. The minimum atomic E-state index is -1.04. The van der Waals surface area contributed by atoms with E-state index in [0.29, 0.717) is 31.5 Å². The SMILES string of the molecule is Cl.Cl.Cl.Cl.NCCCC(N)CNC(=O)[C@H](CN)NC(=O)C[C@@H]1Cc2cccc(c2)-c2ccc(O)c(c2)C[C@H](N)C(=O)N[C@@H](CCCN)C(=O)N1. The van der Waals surface area contributed by atoms with Crippen LogP contribution in [0.5, 0.6) is 5.75 Å². The molecule has 0 radical (unpaired) electrons. The zero-order valence-electron chi connectivity index (χ0n) is 27.8. The van der Waals surface area contributed by atoms with Gasteiger partial charge in [0.25, 0.3) is 0 Å². The lowest BCUT2D eigenvalue weighted by molar-refractivity contribution is -0.131. The minimum absolute atomic E-state index is 0. The Morgan fingerprint density at radius 3 is 2.24 bits per heavy atom. The Morgan fingerprint density at radius 1 is 0.900 bits per heavy atom. The molecule has 0 saturated carbocycles. The summed E-state index contributed by atoms with van der Waals surface area (Å²) in [6.07, 6.45) is 2.22. The quantitative estimate of drug-likeness (QED) is 0.129. The summed E-state index contributed by atoms with van der Waals surface area (Å²) in [4.78, 5) is 52.7. The van der Waals surface area contributed by atoms with Gasteiger partial charge in [0, 0.05) is 38.0 Å². The number of rotatable bonds is 13. The van der Waals surface area contributed by atoms with Gasteiger partial charge in [0.15, 0.2) is 0 Å². The Morgan fingerprint density at radius 2 is 1.58 bits per heavy atom. The second kappa shape index (κ2) is 25.1. The van der Waals surface area contributed by atoms with Gasteiger partial charge in [0.2, 0.25) is 23.6 Å². The van der Waals surface area contributed by atoms with Crippen molar-refractivity contribution in [1.29, 1.82) is 0 Å². The molecule has 1 heterocycles. The van der Waals surface area contributed by atoms with Gasteiger partial charge in [-0.3, -0.25) is 19.2 Å². The summed E-state index contributed by atoms with van der Waals surface area (Å²) in [5.41, 5.74) is 32.2. The molecule has 0 spiro atoms. The maximum absolute atomic E-state index is 13.6. The highest BCUT2D eigenvalue weighted by atomic mass is 35.5. The van der Waals surface area contributed by atoms with Crippen molar-refractivity contribution in [3.63, 3.8) is 0 Å². The Labute approximate surface area is 318 Å². The van der Waals surface area contributed by atoms with Crippen molar-refractivity contribution < 1.29 is 24.3 Å². The third kappa shape index (κ3) is 15.5. The number of amides is 4. The number of carbonyl (C=O) groups is 4. The van der Waals surface area contributed by atoms with E-state index >= 15 is 0 Å². The van der Waals surface area contributed by atoms with Crippen molar-refractivity contribution in [1.82, 2.24) is 21.3 Å². The van der Waals surface area contributed by atoms with Crippen molar-refractivity contribution in [2.45, 2.75) is 75.2 Å². The molecule has 0 fully saturated rings. The zero-order valence-corrected chi connectivity index (χ0v) is 31.1. The molecule has 5 atom stereocenters. The molecule has 18 heteroatoms. The average molecular weight is 786 g/mol. The topological polar surface area (TPSA) is 267 Å². The van der Waals surface area contributed by atoms with E-state index in [1.165, 1.54) is 0 Å². The van der Waals surface area contributed by atoms with E-state index < -0.39 is 47.8 Å². The number of aromatic hydroxyl groups is 1. The Balaban J connectivity index is 0. The molecule has 0 aliphatic carbocycles. The first-order chi connectivity index (χ1) is 22.0. The molecular formula is C32H53Cl4N9O5. The van der Waals surface area contributed by atoms with Gasteiger partial charge in [-0.2, -0.15) is 0 Å². The molecule has 0 saturated heterocycles. The van der Waals surface area contributed by atoms with Crippen LogP contribution in [0.1, 0.15) is 43.2 Å². The van der Waals surface area contributed by atoms with E-state index in [4.69, 9.17) is 28.7 Å². The molecular weight excluding hydrogens is 732 g/mol. The number of halogens is 4. The lowest BCUT2D eigenvalue weighted by atomic mass is 9.95. The smallest absolute Gasteiger partial charge is 0.243 e. The third-order valence-corrected chi connectivity index (χ3v) is 7.91. The van der Waals surface area contributed by atoms with E-state index in [9.17, 15) is 24.3 Å². The molecule has 2 aromatic rings. The van der Waals surface area contributed by atoms with Crippen LogP contribution in [0.3, 0.4) is 0 Å². The molecule has 2 aromatic carbocycles. The van der Waals surface area contributed by atoms with Crippen LogP contribution in [0.2, 0.25) is 0 Å². The van der Waals surface area contributed by atoms with Gasteiger partial charge in [-0.25, -0.2) is 0 Å². The Kier molecular flexibility index (Phi) is 24.7. The number of fused-ring (bicyclic) bond motifs is 5. The molecule has 284 valence electrons. The summed E-state index contributed by atoms with van der Waals surface area (Å²) in [7, 11) is 0. The molecule has 1 aliphatic heterocycles. The van der Waals surface area contributed by atoms with Crippen LogP contribution in [-0.4, -0.2) is 85.1 Å². The summed E-state index contributed by atoms with van der Waals surface area (Å²) in [5, 5.41) is 21.5. The van der Waals surface area contributed by atoms with Crippen LogP contribution in [0.4, 0.5) is 0 Å². The van der Waals surface area contributed by atoms with E-state index in [2.05, 4.69) is 21.3 Å². The fourth-order valence-electron chi connectivity index (χ4n) is 5.31. The monoisotopic (exact) mass is 783 g/mol. The normalized spacial score (nSPS) is 18.3. The van der Waals surface area contributed by atoms with Crippen molar-refractivity contribution in [2.24, 2.45) is 28.7 Å². The summed E-state index contributed by atoms with van der Waals surface area (Å²) in [6, 6.07) is 8.69. The van der Waals surface area contributed by atoms with Gasteiger partial charge in [-0.15, -0.1) is 49.6 Å². The molecule has 14 nitrogen and oxygen atoms in total. The molecule has 4 amide bonds. The number of nitrogens with two attached hydrogens (primary N) is 5. The van der Waals surface area contributed by atoms with Crippen LogP contribution >= 0.6 is 49.6 Å². The van der Waals surface area contributed by atoms with Crippen LogP contribution in [0.15, 0.2) is 42.5 Å². The van der Waals surface area contributed by atoms with Gasteiger partial charge >= 0.3 is 0 Å². The maximum Gasteiger partial charge on any atom is 0.243 e. The summed E-state index contributed by atoms with van der Waals surface area (Å²) in [6.45, 7) is 0.862. The highest BCUT2D eigenvalue weighted by molar-refractivity contribution is 5.91. The molecule has 3 rings (SSSR count). The minimum Gasteiger partial charge on any atom is -0.508 e. The summed E-state index contributed by atoms with van der Waals surface area (Å²) < 4.78 is 0. The second-order valence-corrected chi connectivity index (χ2v) is 11.8. The number of benzene rings is 2. The number of nitrogens with one attached hydrogen (secondary N) is 4. The molecule has 1 aliphatic rings. The molecule has 4 bridgehead atoms. The first kappa shape index (κ1) is 49.2. The van der Waals surface area contributed by atoms with E-state index in [1.807, 2.05) is 24.3 Å². The predicted octanol–water partition coefficient (Wildman–Crippen LogP) is -0.103. The lowest BCUT2D eigenvalue weighted by Gasteiger charge is -2.25. The van der Waals surface area contributed by atoms with Gasteiger partial charge in [0.05, 0.1) is 6.04 Å². The van der Waals surface area contributed by atoms with Crippen LogP contribution in [0, 0.1) is 0 Å². The van der Waals surface area contributed by atoms with Crippen molar-refractivity contribution in [2.75, 3.05) is 26.2 Å². The van der Waals surface area contributed by atoms with Gasteiger partial charge < -0.3 is 55.0 Å². The zero-order chi connectivity index (χ0) is 33.6. The van der Waals surface area contributed by atoms with E-state index in [0.717, 1.165) is 23.1 Å².